The van der Waals surface area contributed by atoms with E-state index >= 15 is 0 Å². The molecule has 0 saturated heterocycles. The Balaban J connectivity index is 1.79. The lowest BCUT2D eigenvalue weighted by atomic mass is 10.3. The number of anilines is 2. The smallest absolute Gasteiger partial charge is 0.319 e. The van der Waals surface area contributed by atoms with Gasteiger partial charge in [-0.2, -0.15) is 0 Å². The summed E-state index contributed by atoms with van der Waals surface area (Å²) in [6.45, 7) is 3.68. The average molecular weight is 343 g/mol. The molecule has 0 bridgehead atoms. The van der Waals surface area contributed by atoms with E-state index in [0.717, 1.165) is 0 Å². The molecule has 0 radical (unpaired) electrons. The lowest BCUT2D eigenvalue weighted by Crippen LogP contribution is -2.28. The Labute approximate surface area is 144 Å². The molecule has 0 fully saturated rings. The molecule has 2 aromatic rings. The summed E-state index contributed by atoms with van der Waals surface area (Å²) in [6, 6.07) is 11.7. The van der Waals surface area contributed by atoms with Gasteiger partial charge >= 0.3 is 6.03 Å². The number of nitrogens with one attached hydrogen (secondary N) is 3. The van der Waals surface area contributed by atoms with E-state index in [0.29, 0.717) is 23.7 Å². The molecule has 0 heterocycles. The van der Waals surface area contributed by atoms with Gasteiger partial charge in [0.15, 0.2) is 6.61 Å². The van der Waals surface area contributed by atoms with Crippen molar-refractivity contribution in [3.8, 4) is 5.75 Å². The summed E-state index contributed by atoms with van der Waals surface area (Å²) >= 11 is 0. The van der Waals surface area contributed by atoms with Crippen LogP contribution in [-0.4, -0.2) is 25.1 Å². The number of hydrogen-bond donors (Lipinski definition) is 3. The van der Waals surface area contributed by atoms with E-state index in [2.05, 4.69) is 22.5 Å². The Morgan fingerprint density at radius 3 is 2.20 bits per heavy atom. The molecule has 0 saturated carbocycles. The number of hydrogen-bond acceptors (Lipinski definition) is 3. The third-order valence-corrected chi connectivity index (χ3v) is 3.02. The monoisotopic (exact) mass is 343 g/mol. The average Bonchev–Trinajstić information content (AvgIpc) is 2.61. The first kappa shape index (κ1) is 18.0. The molecule has 0 aliphatic heterocycles. The van der Waals surface area contributed by atoms with Crippen LogP contribution in [0.3, 0.4) is 0 Å². The second-order valence-electron chi connectivity index (χ2n) is 4.99. The van der Waals surface area contributed by atoms with Crippen LogP contribution in [0.2, 0.25) is 0 Å². The van der Waals surface area contributed by atoms with E-state index in [4.69, 9.17) is 4.74 Å². The van der Waals surface area contributed by atoms with Crippen molar-refractivity contribution in [1.29, 1.82) is 0 Å². The molecule has 0 aliphatic rings. The third kappa shape index (κ3) is 6.34. The predicted octanol–water partition coefficient (Wildman–Crippen LogP) is 3.15. The standard InChI is InChI=1S/C18H18FN3O3/c1-2-11-20-18(24)22-15-7-5-14(6-8-15)21-17(23)12-25-16-9-3-13(19)4-10-16/h2-10H,1,11-12H2,(H,21,23)(H2,20,22,24). The van der Waals surface area contributed by atoms with Gasteiger partial charge < -0.3 is 20.7 Å². The Morgan fingerprint density at radius 1 is 1.00 bits per heavy atom. The van der Waals surface area contributed by atoms with Crippen LogP contribution in [-0.2, 0) is 4.79 Å². The van der Waals surface area contributed by atoms with Gasteiger partial charge in [-0.3, -0.25) is 4.79 Å². The number of rotatable bonds is 7. The second-order valence-corrected chi connectivity index (χ2v) is 4.99. The molecule has 25 heavy (non-hydrogen) atoms. The highest BCUT2D eigenvalue weighted by Gasteiger charge is 2.05. The maximum Gasteiger partial charge on any atom is 0.319 e. The van der Waals surface area contributed by atoms with Gasteiger partial charge in [0.05, 0.1) is 0 Å². The van der Waals surface area contributed by atoms with Crippen LogP contribution in [0.25, 0.3) is 0 Å². The largest absolute Gasteiger partial charge is 0.484 e. The van der Waals surface area contributed by atoms with E-state index in [-0.39, 0.29) is 24.4 Å². The molecule has 0 unspecified atom stereocenters. The van der Waals surface area contributed by atoms with Crippen LogP contribution in [0, 0.1) is 5.82 Å². The van der Waals surface area contributed by atoms with E-state index in [1.807, 2.05) is 0 Å². The Kier molecular flexibility index (Phi) is 6.53. The Bertz CT molecular complexity index is 730. The number of amides is 3. The van der Waals surface area contributed by atoms with Gasteiger partial charge in [0.25, 0.3) is 5.91 Å². The molecule has 2 aromatic carbocycles. The molecular weight excluding hydrogens is 325 g/mol. The molecule has 0 spiro atoms. The minimum Gasteiger partial charge on any atom is -0.484 e. The zero-order chi connectivity index (χ0) is 18.1. The SMILES string of the molecule is C=CCNC(=O)Nc1ccc(NC(=O)COc2ccc(F)cc2)cc1. The molecule has 3 N–H and O–H groups in total. The third-order valence-electron chi connectivity index (χ3n) is 3.02. The summed E-state index contributed by atoms with van der Waals surface area (Å²) in [5.41, 5.74) is 1.15. The van der Waals surface area contributed by atoms with E-state index in [1.165, 1.54) is 24.3 Å². The van der Waals surface area contributed by atoms with Crippen LogP contribution in [0.15, 0.2) is 61.2 Å². The zero-order valence-corrected chi connectivity index (χ0v) is 13.4. The Hall–Kier alpha value is -3.35. The number of ether oxygens (including phenoxy) is 1. The highest BCUT2D eigenvalue weighted by molar-refractivity contribution is 5.93. The number of urea groups is 1. The van der Waals surface area contributed by atoms with Gasteiger partial charge in [0.2, 0.25) is 0 Å². The zero-order valence-electron chi connectivity index (χ0n) is 13.4. The molecule has 2 rings (SSSR count). The van der Waals surface area contributed by atoms with Gasteiger partial charge in [-0.1, -0.05) is 6.08 Å². The van der Waals surface area contributed by atoms with Crippen LogP contribution in [0.1, 0.15) is 0 Å². The molecule has 0 aliphatic carbocycles. The van der Waals surface area contributed by atoms with Crippen LogP contribution in [0.4, 0.5) is 20.6 Å². The number of benzene rings is 2. The minimum absolute atomic E-state index is 0.199. The van der Waals surface area contributed by atoms with E-state index in [1.54, 1.807) is 30.3 Å². The summed E-state index contributed by atoms with van der Waals surface area (Å²) in [7, 11) is 0. The van der Waals surface area contributed by atoms with Crippen molar-refractivity contribution in [3.05, 3.63) is 67.0 Å². The van der Waals surface area contributed by atoms with Gasteiger partial charge in [-0.25, -0.2) is 9.18 Å². The number of carbonyl (C=O) groups is 2. The topological polar surface area (TPSA) is 79.5 Å². The van der Waals surface area contributed by atoms with Crippen molar-refractivity contribution in [3.63, 3.8) is 0 Å². The summed E-state index contributed by atoms with van der Waals surface area (Å²) in [5, 5.41) is 7.89. The van der Waals surface area contributed by atoms with Gasteiger partial charge in [-0.15, -0.1) is 6.58 Å². The predicted molar refractivity (Wildman–Crippen MR) is 94.2 cm³/mol. The highest BCUT2D eigenvalue weighted by atomic mass is 19.1. The summed E-state index contributed by atoms with van der Waals surface area (Å²) < 4.78 is 18.0. The summed E-state index contributed by atoms with van der Waals surface area (Å²) in [4.78, 5) is 23.3. The number of carbonyl (C=O) groups excluding carboxylic acids is 2. The molecule has 0 atom stereocenters. The maximum absolute atomic E-state index is 12.8. The summed E-state index contributed by atoms with van der Waals surface area (Å²) in [5.74, 6) is -0.320. The first-order valence-corrected chi connectivity index (χ1v) is 7.51. The Morgan fingerprint density at radius 2 is 1.60 bits per heavy atom. The molecule has 6 nitrogen and oxygen atoms in total. The second kappa shape index (κ2) is 9.07. The molecule has 0 aromatic heterocycles. The van der Waals surface area contributed by atoms with Crippen molar-refractivity contribution in [1.82, 2.24) is 5.32 Å². The molecule has 3 amide bonds. The van der Waals surface area contributed by atoms with E-state index in [9.17, 15) is 14.0 Å². The normalized spacial score (nSPS) is 9.80. The van der Waals surface area contributed by atoms with Crippen molar-refractivity contribution in [2.45, 2.75) is 0 Å². The van der Waals surface area contributed by atoms with E-state index < -0.39 is 0 Å². The van der Waals surface area contributed by atoms with Gasteiger partial charge in [0, 0.05) is 17.9 Å². The highest BCUT2D eigenvalue weighted by Crippen LogP contribution is 2.14. The lowest BCUT2D eigenvalue weighted by molar-refractivity contribution is -0.118. The van der Waals surface area contributed by atoms with Crippen LogP contribution >= 0.6 is 0 Å². The maximum atomic E-state index is 12.8. The van der Waals surface area contributed by atoms with Crippen LogP contribution < -0.4 is 20.7 Å². The minimum atomic E-state index is -0.372. The fourth-order valence-electron chi connectivity index (χ4n) is 1.85. The number of halogens is 1. The van der Waals surface area contributed by atoms with Gasteiger partial charge in [0.1, 0.15) is 11.6 Å². The fraction of sp³-hybridized carbons (Fsp3) is 0.111. The molecule has 7 heteroatoms. The lowest BCUT2D eigenvalue weighted by Gasteiger charge is -2.09. The van der Waals surface area contributed by atoms with Crippen molar-refractivity contribution < 1.29 is 18.7 Å². The van der Waals surface area contributed by atoms with Crippen LogP contribution in [0.5, 0.6) is 5.75 Å². The summed E-state index contributed by atoms with van der Waals surface area (Å²) in [6.07, 6.45) is 1.58. The van der Waals surface area contributed by atoms with Crippen molar-refractivity contribution in [2.24, 2.45) is 0 Å². The first-order chi connectivity index (χ1) is 12.1. The van der Waals surface area contributed by atoms with Crippen molar-refractivity contribution in [2.75, 3.05) is 23.8 Å². The molecule has 130 valence electrons. The quantitative estimate of drug-likeness (QED) is 0.676. The first-order valence-electron chi connectivity index (χ1n) is 7.51. The fourth-order valence-corrected chi connectivity index (χ4v) is 1.85. The van der Waals surface area contributed by atoms with Crippen molar-refractivity contribution >= 4 is 23.3 Å². The molecular formula is C18H18FN3O3. The van der Waals surface area contributed by atoms with Gasteiger partial charge in [-0.05, 0) is 48.5 Å².